The third-order valence-corrected chi connectivity index (χ3v) is 6.46. The van der Waals surface area contributed by atoms with Crippen LogP contribution in [0.5, 0.6) is 5.75 Å². The molecular weight excluding hydrogens is 508 g/mol. The van der Waals surface area contributed by atoms with E-state index in [2.05, 4.69) is 16.4 Å². The van der Waals surface area contributed by atoms with E-state index in [0.29, 0.717) is 46.7 Å². The Kier molecular flexibility index (Phi) is 7.03. The van der Waals surface area contributed by atoms with Gasteiger partial charge < -0.3 is 19.4 Å². The molecule has 3 amide bonds. The summed E-state index contributed by atoms with van der Waals surface area (Å²) in [7, 11) is 0. The number of urea groups is 1. The van der Waals surface area contributed by atoms with Crippen molar-refractivity contribution in [3.8, 4) is 11.8 Å². The molecule has 2 atom stereocenters. The number of amidine groups is 1. The van der Waals surface area contributed by atoms with Crippen LogP contribution in [0.25, 0.3) is 0 Å². The second-order valence-corrected chi connectivity index (χ2v) is 9.61. The van der Waals surface area contributed by atoms with Crippen molar-refractivity contribution in [2.24, 2.45) is 4.99 Å². The molecule has 0 aliphatic carbocycles. The van der Waals surface area contributed by atoms with Crippen molar-refractivity contribution in [1.82, 2.24) is 20.1 Å². The second kappa shape index (κ2) is 10.6. The fourth-order valence-electron chi connectivity index (χ4n) is 4.57. The quantitative estimate of drug-likeness (QED) is 0.528. The molecule has 2 aromatic carbocycles. The maximum atomic E-state index is 14.1. The number of oxazole rings is 1. The molecule has 1 N–H and O–H groups in total. The third-order valence-electron chi connectivity index (χ3n) is 6.21. The Hall–Kier alpha value is -4.36. The van der Waals surface area contributed by atoms with Gasteiger partial charge in [0.05, 0.1) is 29.5 Å². The van der Waals surface area contributed by atoms with Crippen LogP contribution in [0.1, 0.15) is 48.5 Å². The number of carbonyl (C=O) groups excluding carboxylic acids is 2. The van der Waals surface area contributed by atoms with E-state index in [0.717, 1.165) is 5.56 Å². The van der Waals surface area contributed by atoms with E-state index in [-0.39, 0.29) is 18.6 Å². The molecule has 194 valence electrons. The van der Waals surface area contributed by atoms with Crippen LogP contribution in [-0.4, -0.2) is 58.3 Å². The minimum atomic E-state index is -0.749. The zero-order chi connectivity index (χ0) is 26.8. The SMILES string of the molecule is CC(C)Oc1cc(C#N)ccc1C1=N[C@@H](c2ccc(Cl)cc2)[C@@H](c2ncco2)N1C(=O)N1CCNC(=O)C1. The van der Waals surface area contributed by atoms with Gasteiger partial charge in [-0.3, -0.25) is 14.7 Å². The summed E-state index contributed by atoms with van der Waals surface area (Å²) in [5, 5.41) is 12.8. The molecule has 10 nitrogen and oxygen atoms in total. The normalized spacial score (nSPS) is 19.2. The van der Waals surface area contributed by atoms with E-state index < -0.39 is 18.1 Å². The van der Waals surface area contributed by atoms with Crippen LogP contribution in [0.4, 0.5) is 4.79 Å². The van der Waals surface area contributed by atoms with Gasteiger partial charge in [0.15, 0.2) is 0 Å². The van der Waals surface area contributed by atoms with Crippen LogP contribution >= 0.6 is 11.6 Å². The number of hydrogen-bond donors (Lipinski definition) is 1. The highest BCUT2D eigenvalue weighted by molar-refractivity contribution is 6.30. The van der Waals surface area contributed by atoms with Crippen molar-refractivity contribution in [2.75, 3.05) is 19.6 Å². The van der Waals surface area contributed by atoms with Crippen molar-refractivity contribution in [1.29, 1.82) is 5.26 Å². The first-order chi connectivity index (χ1) is 18.4. The Balaban J connectivity index is 1.69. The Morgan fingerprint density at radius 3 is 2.71 bits per heavy atom. The van der Waals surface area contributed by atoms with E-state index in [4.69, 9.17) is 25.7 Å². The molecule has 0 unspecified atom stereocenters. The zero-order valence-electron chi connectivity index (χ0n) is 20.8. The maximum absolute atomic E-state index is 14.1. The number of hydrogen-bond acceptors (Lipinski definition) is 7. The number of aliphatic imine (C=N–C) groups is 1. The van der Waals surface area contributed by atoms with E-state index >= 15 is 0 Å². The van der Waals surface area contributed by atoms with Gasteiger partial charge in [-0.25, -0.2) is 9.78 Å². The molecule has 11 heteroatoms. The lowest BCUT2D eigenvalue weighted by Crippen LogP contribution is -2.55. The Morgan fingerprint density at radius 1 is 1.26 bits per heavy atom. The molecule has 5 rings (SSSR count). The van der Waals surface area contributed by atoms with Gasteiger partial charge in [-0.05, 0) is 49.7 Å². The van der Waals surface area contributed by atoms with Gasteiger partial charge >= 0.3 is 6.03 Å². The molecule has 2 aliphatic heterocycles. The van der Waals surface area contributed by atoms with Gasteiger partial charge in [-0.2, -0.15) is 5.26 Å². The van der Waals surface area contributed by atoms with Crippen molar-refractivity contribution >= 4 is 29.4 Å². The van der Waals surface area contributed by atoms with Crippen molar-refractivity contribution in [2.45, 2.75) is 32.0 Å². The monoisotopic (exact) mass is 532 g/mol. The number of halogens is 1. The summed E-state index contributed by atoms with van der Waals surface area (Å²) in [5.74, 6) is 0.782. The van der Waals surface area contributed by atoms with Gasteiger partial charge in [0.1, 0.15) is 36.5 Å². The molecule has 1 saturated heterocycles. The highest BCUT2D eigenvalue weighted by atomic mass is 35.5. The Bertz CT molecular complexity index is 1410. The lowest BCUT2D eigenvalue weighted by molar-refractivity contribution is -0.123. The fraction of sp³-hybridized carbons (Fsp3) is 0.296. The van der Waals surface area contributed by atoms with Crippen LogP contribution in [-0.2, 0) is 4.79 Å². The second-order valence-electron chi connectivity index (χ2n) is 9.18. The lowest BCUT2D eigenvalue weighted by atomic mass is 10.00. The minimum absolute atomic E-state index is 0.0880. The van der Waals surface area contributed by atoms with E-state index in [1.54, 1.807) is 30.3 Å². The topological polar surface area (TPSA) is 124 Å². The first-order valence-corrected chi connectivity index (χ1v) is 12.5. The van der Waals surface area contributed by atoms with Crippen LogP contribution in [0.15, 0.2) is 64.3 Å². The molecule has 0 radical (unpaired) electrons. The molecular formula is C27H25ClN6O4. The minimum Gasteiger partial charge on any atom is -0.490 e. The maximum Gasteiger partial charge on any atom is 0.327 e. The highest BCUT2D eigenvalue weighted by Gasteiger charge is 2.47. The van der Waals surface area contributed by atoms with Crippen LogP contribution in [0.3, 0.4) is 0 Å². The highest BCUT2D eigenvalue weighted by Crippen LogP contribution is 2.45. The Labute approximate surface area is 224 Å². The number of rotatable bonds is 5. The summed E-state index contributed by atoms with van der Waals surface area (Å²) < 4.78 is 11.8. The first-order valence-electron chi connectivity index (χ1n) is 12.1. The van der Waals surface area contributed by atoms with Gasteiger partial charge in [0.25, 0.3) is 0 Å². The number of aromatic nitrogens is 1. The van der Waals surface area contributed by atoms with E-state index in [1.165, 1.54) is 22.3 Å². The van der Waals surface area contributed by atoms with Crippen molar-refractivity contribution in [3.05, 3.63) is 82.5 Å². The van der Waals surface area contributed by atoms with Crippen molar-refractivity contribution < 1.29 is 18.7 Å². The average Bonchev–Trinajstić information content (AvgIpc) is 3.56. The molecule has 0 bridgehead atoms. The summed E-state index contributed by atoms with van der Waals surface area (Å²) in [5.41, 5.74) is 1.73. The first kappa shape index (κ1) is 25.3. The van der Waals surface area contributed by atoms with Gasteiger partial charge in [0, 0.05) is 18.1 Å². The number of benzene rings is 2. The fourth-order valence-corrected chi connectivity index (χ4v) is 4.70. The molecule has 2 aliphatic rings. The van der Waals surface area contributed by atoms with Gasteiger partial charge in [-0.15, -0.1) is 0 Å². The van der Waals surface area contributed by atoms with Crippen LogP contribution in [0.2, 0.25) is 5.02 Å². The zero-order valence-corrected chi connectivity index (χ0v) is 21.6. The summed E-state index contributed by atoms with van der Waals surface area (Å²) in [4.78, 5) is 38.7. The standard InChI is InChI=1S/C27H25ClN6O4/c1-16(2)38-21-13-17(14-29)3-8-20(21)25-32-23(18-4-6-19(28)7-5-18)24(26-31-10-12-37-26)34(25)27(36)33-11-9-30-22(35)15-33/h3-8,10,12-13,16,23-24H,9,11,15H2,1-2H3,(H,30,35)/t23-,24-/m0/s1. The molecule has 0 saturated carbocycles. The summed E-state index contributed by atoms with van der Waals surface area (Å²) in [6.07, 6.45) is 2.76. The number of ether oxygens (including phenoxy) is 1. The number of nitriles is 1. The predicted octanol–water partition coefficient (Wildman–Crippen LogP) is 4.08. The summed E-state index contributed by atoms with van der Waals surface area (Å²) in [6.45, 7) is 4.34. The molecule has 1 aromatic heterocycles. The number of piperazine rings is 1. The Morgan fingerprint density at radius 2 is 2.05 bits per heavy atom. The third kappa shape index (κ3) is 4.93. The smallest absolute Gasteiger partial charge is 0.327 e. The van der Waals surface area contributed by atoms with Gasteiger partial charge in [0.2, 0.25) is 11.8 Å². The predicted molar refractivity (Wildman–Crippen MR) is 139 cm³/mol. The van der Waals surface area contributed by atoms with Crippen LogP contribution < -0.4 is 10.1 Å². The average molecular weight is 533 g/mol. The molecule has 3 heterocycles. The number of carbonyl (C=O) groups is 2. The lowest BCUT2D eigenvalue weighted by Gasteiger charge is -2.34. The van der Waals surface area contributed by atoms with E-state index in [9.17, 15) is 14.9 Å². The number of nitrogens with zero attached hydrogens (tertiary/aromatic N) is 5. The number of amides is 3. The van der Waals surface area contributed by atoms with Crippen molar-refractivity contribution in [3.63, 3.8) is 0 Å². The number of nitrogens with one attached hydrogen (secondary N) is 1. The summed E-state index contributed by atoms with van der Waals surface area (Å²) in [6, 6.07) is 12.6. The van der Waals surface area contributed by atoms with Gasteiger partial charge in [-0.1, -0.05) is 23.7 Å². The molecule has 38 heavy (non-hydrogen) atoms. The molecule has 0 spiro atoms. The summed E-state index contributed by atoms with van der Waals surface area (Å²) >= 11 is 6.15. The largest absolute Gasteiger partial charge is 0.490 e. The van der Waals surface area contributed by atoms with E-state index in [1.807, 2.05) is 26.0 Å². The van der Waals surface area contributed by atoms with Crippen LogP contribution in [0, 0.1) is 11.3 Å². The molecule has 3 aromatic rings. The molecule has 1 fully saturated rings.